The lowest BCUT2D eigenvalue weighted by molar-refractivity contribution is -0.122. The zero-order valence-corrected chi connectivity index (χ0v) is 27.0. The molecule has 1 amide bonds. The molecule has 3 N–H and O–H groups in total. The van der Waals surface area contributed by atoms with E-state index in [0.717, 1.165) is 32.1 Å². The highest BCUT2D eigenvalue weighted by molar-refractivity contribution is 5.76. The van der Waals surface area contributed by atoms with Gasteiger partial charge in [-0.3, -0.25) is 4.79 Å². The minimum Gasteiger partial charge on any atom is -0.393 e. The summed E-state index contributed by atoms with van der Waals surface area (Å²) < 4.78 is 0. The summed E-state index contributed by atoms with van der Waals surface area (Å²) in [5.41, 5.74) is 5.71. The van der Waals surface area contributed by atoms with Gasteiger partial charge in [0, 0.05) is 5.92 Å². The van der Waals surface area contributed by atoms with Crippen molar-refractivity contribution in [1.29, 1.82) is 0 Å². The normalized spacial score (nSPS) is 13.1. The highest BCUT2D eigenvalue weighted by atomic mass is 16.3. The highest BCUT2D eigenvalue weighted by Crippen LogP contribution is 2.20. The molecule has 39 heavy (non-hydrogen) atoms. The Hall–Kier alpha value is -0.570. The topological polar surface area (TPSA) is 63.3 Å². The second kappa shape index (κ2) is 32.0. The van der Waals surface area contributed by atoms with E-state index in [4.69, 9.17) is 5.73 Å². The largest absolute Gasteiger partial charge is 0.393 e. The van der Waals surface area contributed by atoms with Gasteiger partial charge in [-0.25, -0.2) is 0 Å². The molecule has 0 aromatic rings. The molecule has 0 rings (SSSR count). The standard InChI is InChI=1S/C36H73NO2/c1-3-5-7-9-10-11-12-13-14-15-17-20-23-26-30-34(36(37)39)31-27-24-21-18-16-19-22-25-29-33-35(38)32-28-8-6-4-2/h34-35,38H,3-33H2,1-2H3,(H2,37,39). The van der Waals surface area contributed by atoms with Crippen molar-refractivity contribution in [3.8, 4) is 0 Å². The van der Waals surface area contributed by atoms with Crippen molar-refractivity contribution in [2.75, 3.05) is 0 Å². The van der Waals surface area contributed by atoms with Gasteiger partial charge in [-0.15, -0.1) is 0 Å². The average molecular weight is 552 g/mol. The van der Waals surface area contributed by atoms with Crippen molar-refractivity contribution >= 4 is 5.91 Å². The van der Waals surface area contributed by atoms with Crippen LogP contribution in [0.4, 0.5) is 0 Å². The van der Waals surface area contributed by atoms with Crippen LogP contribution >= 0.6 is 0 Å². The van der Waals surface area contributed by atoms with Crippen LogP contribution in [0.3, 0.4) is 0 Å². The zero-order valence-electron chi connectivity index (χ0n) is 27.0. The molecule has 0 aliphatic rings. The number of nitrogens with two attached hydrogens (primary N) is 1. The molecule has 0 bridgehead atoms. The lowest BCUT2D eigenvalue weighted by Crippen LogP contribution is -2.23. The molecule has 3 heteroatoms. The highest BCUT2D eigenvalue weighted by Gasteiger charge is 2.14. The number of aliphatic hydroxyl groups is 1. The molecule has 0 fully saturated rings. The maximum absolute atomic E-state index is 11.9. The van der Waals surface area contributed by atoms with Crippen molar-refractivity contribution < 1.29 is 9.90 Å². The number of carbonyl (C=O) groups excluding carboxylic acids is 1. The molecule has 0 radical (unpaired) electrons. The third-order valence-electron chi connectivity index (χ3n) is 8.79. The molecular weight excluding hydrogens is 478 g/mol. The third kappa shape index (κ3) is 30.2. The number of aliphatic hydroxyl groups excluding tert-OH is 1. The van der Waals surface area contributed by atoms with E-state index in [9.17, 15) is 9.90 Å². The van der Waals surface area contributed by atoms with E-state index in [1.54, 1.807) is 0 Å². The molecule has 0 heterocycles. The van der Waals surface area contributed by atoms with E-state index in [2.05, 4.69) is 13.8 Å². The van der Waals surface area contributed by atoms with Crippen LogP contribution in [-0.4, -0.2) is 17.1 Å². The summed E-state index contributed by atoms with van der Waals surface area (Å²) in [6.45, 7) is 4.52. The molecule has 0 aromatic heterocycles. The first-order chi connectivity index (χ1) is 19.1. The molecule has 234 valence electrons. The van der Waals surface area contributed by atoms with Crippen LogP contribution in [0.1, 0.15) is 213 Å². The Morgan fingerprint density at radius 1 is 0.436 bits per heavy atom. The van der Waals surface area contributed by atoms with Gasteiger partial charge in [-0.1, -0.05) is 187 Å². The minimum atomic E-state index is -0.0734. The lowest BCUT2D eigenvalue weighted by Gasteiger charge is -2.13. The molecule has 2 unspecified atom stereocenters. The fourth-order valence-electron chi connectivity index (χ4n) is 5.97. The second-order valence-electron chi connectivity index (χ2n) is 12.7. The molecule has 0 spiro atoms. The predicted molar refractivity (Wildman–Crippen MR) is 173 cm³/mol. The number of rotatable bonds is 33. The van der Waals surface area contributed by atoms with Gasteiger partial charge >= 0.3 is 0 Å². The monoisotopic (exact) mass is 552 g/mol. The van der Waals surface area contributed by atoms with Gasteiger partial charge in [-0.05, 0) is 25.7 Å². The summed E-state index contributed by atoms with van der Waals surface area (Å²) in [5.74, 6) is 0.0279. The quantitative estimate of drug-likeness (QED) is 0.0796. The van der Waals surface area contributed by atoms with Crippen molar-refractivity contribution in [2.45, 2.75) is 219 Å². The number of amides is 1. The fourth-order valence-corrected chi connectivity index (χ4v) is 5.97. The minimum absolute atomic E-state index is 0.0690. The van der Waals surface area contributed by atoms with E-state index in [1.807, 2.05) is 0 Å². The average Bonchev–Trinajstić information content (AvgIpc) is 2.92. The second-order valence-corrected chi connectivity index (χ2v) is 12.7. The summed E-state index contributed by atoms with van der Waals surface area (Å²) >= 11 is 0. The van der Waals surface area contributed by atoms with Crippen molar-refractivity contribution in [3.05, 3.63) is 0 Å². The summed E-state index contributed by atoms with van der Waals surface area (Å²) in [5, 5.41) is 10.1. The maximum atomic E-state index is 11.9. The van der Waals surface area contributed by atoms with Gasteiger partial charge in [-0.2, -0.15) is 0 Å². The molecule has 0 aromatic carbocycles. The van der Waals surface area contributed by atoms with Gasteiger partial charge in [0.15, 0.2) is 0 Å². The van der Waals surface area contributed by atoms with Gasteiger partial charge in [0.25, 0.3) is 0 Å². The maximum Gasteiger partial charge on any atom is 0.220 e. The Balaban J connectivity index is 3.44. The Labute approximate surface area is 246 Å². The van der Waals surface area contributed by atoms with Crippen LogP contribution in [0.5, 0.6) is 0 Å². The molecule has 2 atom stereocenters. The van der Waals surface area contributed by atoms with Gasteiger partial charge in [0.1, 0.15) is 0 Å². The Morgan fingerprint density at radius 2 is 0.667 bits per heavy atom. The first kappa shape index (κ1) is 38.4. The smallest absolute Gasteiger partial charge is 0.220 e. The van der Waals surface area contributed by atoms with Gasteiger partial charge < -0.3 is 10.8 Å². The molecular formula is C36H73NO2. The van der Waals surface area contributed by atoms with E-state index in [1.165, 1.54) is 167 Å². The fraction of sp³-hybridized carbons (Fsp3) is 0.972. The summed E-state index contributed by atoms with van der Waals surface area (Å²) in [6, 6.07) is 0. The van der Waals surface area contributed by atoms with Gasteiger partial charge in [0.2, 0.25) is 5.91 Å². The van der Waals surface area contributed by atoms with Crippen LogP contribution in [-0.2, 0) is 4.79 Å². The van der Waals surface area contributed by atoms with Crippen molar-refractivity contribution in [1.82, 2.24) is 0 Å². The Kier molecular flexibility index (Phi) is 31.5. The number of hydrogen-bond acceptors (Lipinski definition) is 2. The summed E-state index contributed by atoms with van der Waals surface area (Å²) in [4.78, 5) is 11.9. The molecule has 0 saturated carbocycles. The van der Waals surface area contributed by atoms with Crippen LogP contribution in [0, 0.1) is 5.92 Å². The Bertz CT molecular complexity index is 481. The SMILES string of the molecule is CCCCCCCCCCCCCCCCC(CCCCCCCCCCCC(O)CCCCCC)C(N)=O. The third-order valence-corrected chi connectivity index (χ3v) is 8.79. The van der Waals surface area contributed by atoms with Crippen LogP contribution in [0.2, 0.25) is 0 Å². The molecule has 0 aliphatic carbocycles. The lowest BCUT2D eigenvalue weighted by atomic mass is 9.93. The number of hydrogen-bond donors (Lipinski definition) is 2. The van der Waals surface area contributed by atoms with E-state index in [-0.39, 0.29) is 17.9 Å². The zero-order chi connectivity index (χ0) is 28.7. The van der Waals surface area contributed by atoms with Crippen LogP contribution in [0.15, 0.2) is 0 Å². The van der Waals surface area contributed by atoms with Crippen molar-refractivity contribution in [2.24, 2.45) is 11.7 Å². The van der Waals surface area contributed by atoms with E-state index in [0.29, 0.717) is 0 Å². The Morgan fingerprint density at radius 3 is 0.949 bits per heavy atom. The molecule has 0 aliphatic heterocycles. The van der Waals surface area contributed by atoms with Gasteiger partial charge in [0.05, 0.1) is 6.10 Å². The summed E-state index contributed by atoms with van der Waals surface area (Å²) in [6.07, 6.45) is 39.6. The van der Waals surface area contributed by atoms with Crippen molar-refractivity contribution in [3.63, 3.8) is 0 Å². The number of unbranched alkanes of at least 4 members (excludes halogenated alkanes) is 24. The first-order valence-electron chi connectivity index (χ1n) is 18.1. The molecule has 3 nitrogen and oxygen atoms in total. The predicted octanol–water partition coefficient (Wildman–Crippen LogP) is 11.6. The van der Waals surface area contributed by atoms with Crippen LogP contribution in [0.25, 0.3) is 0 Å². The van der Waals surface area contributed by atoms with E-state index >= 15 is 0 Å². The van der Waals surface area contributed by atoms with Crippen LogP contribution < -0.4 is 5.73 Å². The van der Waals surface area contributed by atoms with E-state index < -0.39 is 0 Å². The first-order valence-corrected chi connectivity index (χ1v) is 18.1. The number of carbonyl (C=O) groups is 1. The molecule has 0 saturated heterocycles. The number of primary amides is 1. The summed E-state index contributed by atoms with van der Waals surface area (Å²) in [7, 11) is 0.